The molecule has 4 nitrogen and oxygen atoms in total. The van der Waals surface area contributed by atoms with E-state index in [9.17, 15) is 4.79 Å². The van der Waals surface area contributed by atoms with Crippen LogP contribution in [0, 0.1) is 0 Å². The van der Waals surface area contributed by atoms with Crippen LogP contribution in [-0.2, 0) is 6.42 Å². The fourth-order valence-corrected chi connectivity index (χ4v) is 2.22. The highest BCUT2D eigenvalue weighted by atomic mass is 16.1. The summed E-state index contributed by atoms with van der Waals surface area (Å²) < 4.78 is 0. The van der Waals surface area contributed by atoms with Crippen LogP contribution in [-0.4, -0.2) is 18.1 Å². The molecule has 3 rings (SSSR count). The van der Waals surface area contributed by atoms with E-state index in [2.05, 4.69) is 15.5 Å². The minimum atomic E-state index is -0.564. The zero-order valence-electron chi connectivity index (χ0n) is 10.9. The molecule has 2 unspecified atom stereocenters. The highest BCUT2D eigenvalue weighted by Gasteiger charge is 2.27. The summed E-state index contributed by atoms with van der Waals surface area (Å²) in [5, 5.41) is 11.4. The van der Waals surface area contributed by atoms with Crippen molar-refractivity contribution < 1.29 is 4.79 Å². The first-order valence-corrected chi connectivity index (χ1v) is 6.62. The van der Waals surface area contributed by atoms with Gasteiger partial charge in [0.2, 0.25) is 5.78 Å². The van der Waals surface area contributed by atoms with Crippen molar-refractivity contribution >= 4 is 5.78 Å². The second kappa shape index (κ2) is 5.75. The van der Waals surface area contributed by atoms with E-state index in [1.54, 1.807) is 12.1 Å². The van der Waals surface area contributed by atoms with Gasteiger partial charge in [-0.3, -0.25) is 10.1 Å². The molecule has 0 fully saturated rings. The van der Waals surface area contributed by atoms with E-state index in [0.29, 0.717) is 5.56 Å². The number of nitrogens with one attached hydrogen (secondary N) is 1. The number of ketones is 1. The lowest BCUT2D eigenvalue weighted by Crippen LogP contribution is -2.37. The normalized spacial score (nSPS) is 21.0. The van der Waals surface area contributed by atoms with Gasteiger partial charge in [0.25, 0.3) is 0 Å². The molecular weight excluding hydrogens is 250 g/mol. The van der Waals surface area contributed by atoms with E-state index in [-0.39, 0.29) is 11.9 Å². The topological polar surface area (TPSA) is 53.8 Å². The third-order valence-corrected chi connectivity index (χ3v) is 3.25. The standard InChI is InChI=1S/C16H15N3O/c20-15(13-9-5-2-6-10-13)16-17-14(18-19-16)11-12-7-3-1-4-8-12/h1-10,14,16-17H,11H2. The van der Waals surface area contributed by atoms with Gasteiger partial charge in [0.05, 0.1) is 0 Å². The third-order valence-electron chi connectivity index (χ3n) is 3.25. The number of rotatable bonds is 4. The lowest BCUT2D eigenvalue weighted by atomic mass is 10.1. The highest BCUT2D eigenvalue weighted by molar-refractivity contribution is 6.00. The molecule has 2 atom stereocenters. The lowest BCUT2D eigenvalue weighted by molar-refractivity contribution is 0.0949. The van der Waals surface area contributed by atoms with Crippen molar-refractivity contribution in [3.05, 3.63) is 71.8 Å². The summed E-state index contributed by atoms with van der Waals surface area (Å²) in [5.74, 6) is -0.0371. The number of azo groups is 1. The van der Waals surface area contributed by atoms with E-state index in [1.807, 2.05) is 48.5 Å². The van der Waals surface area contributed by atoms with Crippen LogP contribution < -0.4 is 5.32 Å². The van der Waals surface area contributed by atoms with Crippen LogP contribution in [0.5, 0.6) is 0 Å². The molecule has 0 bridgehead atoms. The first kappa shape index (κ1) is 12.7. The SMILES string of the molecule is O=C(c1ccccc1)C1N=NC(Cc2ccccc2)N1. The summed E-state index contributed by atoms with van der Waals surface area (Å²) in [6.45, 7) is 0. The average Bonchev–Trinajstić information content (AvgIpc) is 2.97. The lowest BCUT2D eigenvalue weighted by Gasteiger charge is -2.10. The van der Waals surface area contributed by atoms with Crippen molar-refractivity contribution in [2.45, 2.75) is 18.8 Å². The average molecular weight is 265 g/mol. The second-order valence-corrected chi connectivity index (χ2v) is 4.74. The first-order chi connectivity index (χ1) is 9.83. The Morgan fingerprint density at radius 1 is 0.950 bits per heavy atom. The number of carbonyl (C=O) groups excluding carboxylic acids is 1. The van der Waals surface area contributed by atoms with Gasteiger partial charge >= 0.3 is 0 Å². The number of benzene rings is 2. The van der Waals surface area contributed by atoms with Crippen molar-refractivity contribution in [1.29, 1.82) is 0 Å². The van der Waals surface area contributed by atoms with Crippen molar-refractivity contribution in [2.75, 3.05) is 0 Å². The number of Topliss-reactive ketones (excluding diaryl/α,β-unsaturated/α-hetero) is 1. The Kier molecular flexibility index (Phi) is 3.65. The molecule has 1 aliphatic heterocycles. The zero-order chi connectivity index (χ0) is 13.8. The Labute approximate surface area is 117 Å². The summed E-state index contributed by atoms with van der Waals surface area (Å²) in [6, 6.07) is 19.2. The predicted octanol–water partition coefficient (Wildman–Crippen LogP) is 2.82. The Hall–Kier alpha value is -2.33. The largest absolute Gasteiger partial charge is 0.290 e. The molecule has 2 aromatic carbocycles. The van der Waals surface area contributed by atoms with Gasteiger partial charge in [-0.05, 0) is 5.56 Å². The molecular formula is C16H15N3O. The Morgan fingerprint density at radius 2 is 1.60 bits per heavy atom. The maximum atomic E-state index is 12.2. The van der Waals surface area contributed by atoms with Gasteiger partial charge in [-0.1, -0.05) is 60.7 Å². The third kappa shape index (κ3) is 2.81. The number of hydrogen-bond acceptors (Lipinski definition) is 4. The molecule has 0 aliphatic carbocycles. The number of carbonyl (C=O) groups is 1. The van der Waals surface area contributed by atoms with E-state index >= 15 is 0 Å². The summed E-state index contributed by atoms with van der Waals surface area (Å²) in [6.07, 6.45) is 0.0456. The summed E-state index contributed by atoms with van der Waals surface area (Å²) in [4.78, 5) is 12.2. The summed E-state index contributed by atoms with van der Waals surface area (Å²) in [7, 11) is 0. The molecule has 1 heterocycles. The molecule has 0 spiro atoms. The van der Waals surface area contributed by atoms with Crippen LogP contribution in [0.15, 0.2) is 70.9 Å². The molecule has 1 aliphatic rings. The van der Waals surface area contributed by atoms with Crippen LogP contribution in [0.4, 0.5) is 0 Å². The predicted molar refractivity (Wildman–Crippen MR) is 76.5 cm³/mol. The van der Waals surface area contributed by atoms with Crippen molar-refractivity contribution in [1.82, 2.24) is 5.32 Å². The second-order valence-electron chi connectivity index (χ2n) is 4.74. The summed E-state index contributed by atoms with van der Waals surface area (Å²) >= 11 is 0. The van der Waals surface area contributed by atoms with Crippen LogP contribution in [0.25, 0.3) is 0 Å². The van der Waals surface area contributed by atoms with Gasteiger partial charge < -0.3 is 0 Å². The maximum absolute atomic E-state index is 12.2. The van der Waals surface area contributed by atoms with E-state index in [4.69, 9.17) is 0 Å². The summed E-state index contributed by atoms with van der Waals surface area (Å²) in [5.41, 5.74) is 1.83. The molecule has 0 amide bonds. The molecule has 0 saturated heterocycles. The first-order valence-electron chi connectivity index (χ1n) is 6.62. The fraction of sp³-hybridized carbons (Fsp3) is 0.188. The smallest absolute Gasteiger partial charge is 0.203 e. The minimum Gasteiger partial charge on any atom is -0.290 e. The van der Waals surface area contributed by atoms with Gasteiger partial charge in [0.1, 0.15) is 6.17 Å². The zero-order valence-corrected chi connectivity index (χ0v) is 10.9. The van der Waals surface area contributed by atoms with Gasteiger partial charge in [-0.15, -0.1) is 0 Å². The van der Waals surface area contributed by atoms with E-state index in [1.165, 1.54) is 5.56 Å². The number of nitrogens with zero attached hydrogens (tertiary/aromatic N) is 2. The quantitative estimate of drug-likeness (QED) is 0.864. The fourth-order valence-electron chi connectivity index (χ4n) is 2.22. The Balaban J connectivity index is 1.63. The molecule has 0 saturated carbocycles. The highest BCUT2D eigenvalue weighted by Crippen LogP contribution is 2.14. The Morgan fingerprint density at radius 3 is 2.30 bits per heavy atom. The maximum Gasteiger partial charge on any atom is 0.203 e. The van der Waals surface area contributed by atoms with Gasteiger partial charge in [0, 0.05) is 12.0 Å². The Bertz CT molecular complexity index is 610. The van der Waals surface area contributed by atoms with E-state index < -0.39 is 6.17 Å². The van der Waals surface area contributed by atoms with Crippen LogP contribution >= 0.6 is 0 Å². The van der Waals surface area contributed by atoms with Crippen molar-refractivity contribution in [3.8, 4) is 0 Å². The van der Waals surface area contributed by atoms with Crippen LogP contribution in [0.3, 0.4) is 0 Å². The monoisotopic (exact) mass is 265 g/mol. The van der Waals surface area contributed by atoms with Crippen molar-refractivity contribution in [3.63, 3.8) is 0 Å². The minimum absolute atomic E-state index is 0.0371. The van der Waals surface area contributed by atoms with Gasteiger partial charge in [-0.2, -0.15) is 10.2 Å². The number of hydrogen-bond donors (Lipinski definition) is 1. The van der Waals surface area contributed by atoms with Gasteiger partial charge in [0.15, 0.2) is 6.17 Å². The van der Waals surface area contributed by atoms with Crippen LogP contribution in [0.2, 0.25) is 0 Å². The van der Waals surface area contributed by atoms with E-state index in [0.717, 1.165) is 6.42 Å². The molecule has 0 aromatic heterocycles. The molecule has 2 aromatic rings. The molecule has 4 heteroatoms. The van der Waals surface area contributed by atoms with Crippen LogP contribution in [0.1, 0.15) is 15.9 Å². The molecule has 0 radical (unpaired) electrons. The molecule has 20 heavy (non-hydrogen) atoms. The molecule has 100 valence electrons. The van der Waals surface area contributed by atoms with Crippen molar-refractivity contribution in [2.24, 2.45) is 10.2 Å². The molecule has 1 N–H and O–H groups in total. The van der Waals surface area contributed by atoms with Gasteiger partial charge in [-0.25, -0.2) is 0 Å².